The predicted molar refractivity (Wildman–Crippen MR) is 133 cm³/mol. The highest BCUT2D eigenvalue weighted by molar-refractivity contribution is 7.99. The lowest BCUT2D eigenvalue weighted by molar-refractivity contribution is 0.103. The average Bonchev–Trinajstić information content (AvgIpc) is 3.29. The van der Waals surface area contributed by atoms with Crippen LogP contribution in [0.3, 0.4) is 0 Å². The molecule has 0 saturated heterocycles. The van der Waals surface area contributed by atoms with Crippen LogP contribution in [0.1, 0.15) is 21.6 Å². The topological polar surface area (TPSA) is 108 Å². The maximum atomic E-state index is 15.4. The predicted octanol–water partition coefficient (Wildman–Crippen LogP) is 5.94. The van der Waals surface area contributed by atoms with E-state index in [1.165, 1.54) is 18.3 Å². The van der Waals surface area contributed by atoms with Crippen LogP contribution in [0.4, 0.5) is 18.9 Å². The molecule has 0 bridgehead atoms. The molecule has 2 aromatic carbocycles. The molecule has 3 N–H and O–H groups in total. The zero-order chi connectivity index (χ0) is 26.3. The van der Waals surface area contributed by atoms with E-state index in [-0.39, 0.29) is 10.5 Å². The Morgan fingerprint density at radius 2 is 1.78 bits per heavy atom. The first kappa shape index (κ1) is 24.3. The van der Waals surface area contributed by atoms with E-state index in [0.717, 1.165) is 35.5 Å². The summed E-state index contributed by atoms with van der Waals surface area (Å²) in [5, 5.41) is 0.325. The Hall–Kier alpha value is -4.35. The number of nitrogens with zero attached hydrogens (tertiary/aromatic N) is 2. The van der Waals surface area contributed by atoms with Gasteiger partial charge in [-0.1, -0.05) is 12.1 Å². The van der Waals surface area contributed by atoms with Gasteiger partial charge in [-0.15, -0.1) is 0 Å². The fourth-order valence-electron chi connectivity index (χ4n) is 3.81. The minimum atomic E-state index is -4.18. The molecule has 0 aliphatic rings. The second-order valence-electron chi connectivity index (χ2n) is 8.21. The van der Waals surface area contributed by atoms with Gasteiger partial charge in [0.25, 0.3) is 0 Å². The number of nitrogens with one attached hydrogen (secondary N) is 2. The van der Waals surface area contributed by atoms with Gasteiger partial charge in [0.2, 0.25) is 10.7 Å². The smallest absolute Gasteiger partial charge is 0.345 e. The minimum absolute atomic E-state index is 0.0470. The third-order valence-electron chi connectivity index (χ3n) is 5.70. The van der Waals surface area contributed by atoms with Gasteiger partial charge in [0.05, 0.1) is 5.56 Å². The van der Waals surface area contributed by atoms with Crippen LogP contribution in [0.25, 0.3) is 22.2 Å². The highest BCUT2D eigenvalue weighted by atomic mass is 32.3. The lowest BCUT2D eigenvalue weighted by atomic mass is 10.00. The Bertz CT molecular complexity index is 1720. The molecule has 1 atom stereocenters. The maximum Gasteiger partial charge on any atom is 0.346 e. The number of anilines is 1. The van der Waals surface area contributed by atoms with Gasteiger partial charge >= 0.3 is 10.4 Å². The number of hydrogen-bond acceptors (Lipinski definition) is 4. The van der Waals surface area contributed by atoms with Gasteiger partial charge in [-0.2, -0.15) is 9.27 Å². The Morgan fingerprint density at radius 1 is 1.00 bits per heavy atom. The molecule has 0 aliphatic heterocycles. The molecule has 186 valence electrons. The summed E-state index contributed by atoms with van der Waals surface area (Å²) >= 11 is 0. The summed E-state index contributed by atoms with van der Waals surface area (Å²) in [6, 6.07) is 11.3. The standard InChI is InChI=1S/C26H17F3N4O3S/c1-14-5-6-15(11-30-14)16-9-19-20(13-32-26(19)31-12-16)25(34)23-21(28)7-8-22(24(23)29)33-37(35,36)18-4-2-3-17(27)10-18/h2-13H,1H3,(H2-,31,32,33,34,35,36)/p+1. The average molecular weight is 524 g/mol. The number of fused-ring (bicyclic) bond motifs is 1. The summed E-state index contributed by atoms with van der Waals surface area (Å²) in [5.74, 6) is -4.31. The van der Waals surface area contributed by atoms with Gasteiger partial charge in [-0.3, -0.25) is 9.78 Å². The van der Waals surface area contributed by atoms with E-state index in [0.29, 0.717) is 16.6 Å². The van der Waals surface area contributed by atoms with Crippen molar-refractivity contribution in [2.75, 3.05) is 4.72 Å². The summed E-state index contributed by atoms with van der Waals surface area (Å²) in [7, 11) is -4.18. The molecular formula is C26H18F3N4O3S+. The van der Waals surface area contributed by atoms with Crippen molar-refractivity contribution >= 4 is 32.9 Å². The normalized spacial score (nSPS) is 12.9. The number of aromatic amines is 1. The highest BCUT2D eigenvalue weighted by Crippen LogP contribution is 2.31. The number of ketones is 1. The number of carbonyl (C=O) groups excluding carboxylic acids is 1. The van der Waals surface area contributed by atoms with Crippen molar-refractivity contribution in [3.8, 4) is 11.1 Å². The zero-order valence-electron chi connectivity index (χ0n) is 19.1. The number of benzene rings is 2. The van der Waals surface area contributed by atoms with E-state index in [4.69, 9.17) is 0 Å². The highest BCUT2D eigenvalue weighted by Gasteiger charge is 2.33. The van der Waals surface area contributed by atoms with Gasteiger partial charge in [-0.25, -0.2) is 18.2 Å². The first-order valence-corrected chi connectivity index (χ1v) is 12.4. The van der Waals surface area contributed by atoms with Crippen molar-refractivity contribution in [2.45, 2.75) is 11.8 Å². The van der Waals surface area contributed by atoms with Crippen LogP contribution in [-0.4, -0.2) is 25.3 Å². The van der Waals surface area contributed by atoms with Crippen molar-refractivity contribution in [3.05, 3.63) is 107 Å². The second-order valence-corrected chi connectivity index (χ2v) is 9.94. The molecule has 0 saturated carbocycles. The number of H-pyrrole nitrogens is 1. The molecule has 11 heteroatoms. The van der Waals surface area contributed by atoms with E-state index in [2.05, 4.69) is 19.7 Å². The van der Waals surface area contributed by atoms with Crippen LogP contribution in [0.5, 0.6) is 0 Å². The number of hydrogen-bond donors (Lipinski definition) is 3. The van der Waals surface area contributed by atoms with Crippen LogP contribution in [0.15, 0.2) is 78.1 Å². The van der Waals surface area contributed by atoms with Crippen molar-refractivity contribution in [3.63, 3.8) is 0 Å². The molecule has 3 aromatic heterocycles. The number of carbonyl (C=O) groups is 1. The molecule has 5 rings (SSSR count). The first-order valence-electron chi connectivity index (χ1n) is 10.9. The Kier molecular flexibility index (Phi) is 6.10. The van der Waals surface area contributed by atoms with Gasteiger partial charge in [-0.05, 0) is 47.5 Å². The molecule has 0 spiro atoms. The molecule has 1 unspecified atom stereocenters. The monoisotopic (exact) mass is 523 g/mol. The van der Waals surface area contributed by atoms with Gasteiger partial charge in [0.15, 0.2) is 5.82 Å². The largest absolute Gasteiger partial charge is 0.346 e. The number of aromatic nitrogens is 3. The number of aryl methyl sites for hydroxylation is 1. The van der Waals surface area contributed by atoms with E-state index in [1.807, 2.05) is 19.1 Å². The van der Waals surface area contributed by atoms with Crippen molar-refractivity contribution in [2.24, 2.45) is 0 Å². The first-order chi connectivity index (χ1) is 17.6. The van der Waals surface area contributed by atoms with Crippen LogP contribution in [-0.2, 0) is 14.6 Å². The Balaban J connectivity index is 1.54. The zero-order valence-corrected chi connectivity index (χ0v) is 19.9. The fraction of sp³-hybridized carbons (Fsp3) is 0.0385. The van der Waals surface area contributed by atoms with Gasteiger partial charge < -0.3 is 4.98 Å². The number of halogens is 3. The molecule has 3 heterocycles. The summed E-state index contributed by atoms with van der Waals surface area (Å²) in [6.07, 6.45) is 4.51. The van der Waals surface area contributed by atoms with E-state index >= 15 is 4.39 Å². The van der Waals surface area contributed by atoms with Crippen LogP contribution >= 0.6 is 0 Å². The molecule has 37 heavy (non-hydrogen) atoms. The third-order valence-corrected chi connectivity index (χ3v) is 7.09. The third kappa shape index (κ3) is 4.61. The number of pyridine rings is 2. The lowest BCUT2D eigenvalue weighted by Crippen LogP contribution is -2.22. The summed E-state index contributed by atoms with van der Waals surface area (Å²) in [5.41, 5.74) is 0.937. The van der Waals surface area contributed by atoms with Crippen LogP contribution in [0.2, 0.25) is 0 Å². The van der Waals surface area contributed by atoms with Crippen molar-refractivity contribution in [1.29, 1.82) is 0 Å². The molecule has 0 radical (unpaired) electrons. The molecule has 7 nitrogen and oxygen atoms in total. The van der Waals surface area contributed by atoms with Crippen molar-refractivity contribution in [1.82, 2.24) is 15.0 Å². The lowest BCUT2D eigenvalue weighted by Gasteiger charge is -2.11. The fourth-order valence-corrected chi connectivity index (χ4v) is 4.92. The van der Waals surface area contributed by atoms with Gasteiger partial charge in [0.1, 0.15) is 23.0 Å². The molecule has 5 aromatic rings. The molecule has 0 amide bonds. The summed E-state index contributed by atoms with van der Waals surface area (Å²) in [6.45, 7) is 1.84. The van der Waals surface area contributed by atoms with Crippen LogP contribution in [0, 0.1) is 24.4 Å². The van der Waals surface area contributed by atoms with E-state index < -0.39 is 44.9 Å². The van der Waals surface area contributed by atoms with E-state index in [1.54, 1.807) is 18.5 Å². The van der Waals surface area contributed by atoms with Crippen molar-refractivity contribution < 1.29 is 26.7 Å². The molecular weight excluding hydrogens is 505 g/mol. The quantitative estimate of drug-likeness (QED) is 0.189. The maximum absolute atomic E-state index is 15.4. The Morgan fingerprint density at radius 3 is 2.51 bits per heavy atom. The summed E-state index contributed by atoms with van der Waals surface area (Å²) in [4.78, 5) is 24.3. The van der Waals surface area contributed by atoms with Crippen LogP contribution < -0.4 is 4.72 Å². The SMILES string of the molecule is Cc1ccc(-c2cnc3[nH]cc(C(=O)c4c(F)ccc(N[S+](=O)(O)c5cccc(F)c5)c4F)c3c2)cn1. The molecule has 0 fully saturated rings. The van der Waals surface area contributed by atoms with E-state index in [9.17, 15) is 22.3 Å². The van der Waals surface area contributed by atoms with Gasteiger partial charge in [0, 0.05) is 52.4 Å². The summed E-state index contributed by atoms with van der Waals surface area (Å²) < 4.78 is 68.9. The second kappa shape index (κ2) is 9.26. The molecule has 0 aliphatic carbocycles. The minimum Gasteiger partial charge on any atom is -0.345 e. The number of rotatable bonds is 6. The Labute approximate surface area is 209 Å².